The number of nitro groups is 2. The molecule has 26 heavy (non-hydrogen) atoms. The Morgan fingerprint density at radius 1 is 0.962 bits per heavy atom. The number of hydrogen-bond acceptors (Lipinski definition) is 5. The van der Waals surface area contributed by atoms with Crippen molar-refractivity contribution in [3.63, 3.8) is 0 Å². The highest BCUT2D eigenvalue weighted by Gasteiger charge is 2.11. The Labute approximate surface area is 149 Å². The van der Waals surface area contributed by atoms with E-state index in [1.54, 1.807) is 12.1 Å². The minimum absolute atomic E-state index is 0.0184. The quantitative estimate of drug-likeness (QED) is 0.350. The average molecular weight is 357 g/mol. The van der Waals surface area contributed by atoms with Crippen LogP contribution >= 0.6 is 0 Å². The lowest BCUT2D eigenvalue weighted by Crippen LogP contribution is -2.22. The molecule has 0 radical (unpaired) electrons. The summed E-state index contributed by atoms with van der Waals surface area (Å²) in [5, 5.41) is 24.8. The van der Waals surface area contributed by atoms with E-state index < -0.39 is 9.85 Å². The van der Waals surface area contributed by atoms with Crippen molar-refractivity contribution in [1.29, 1.82) is 0 Å². The van der Waals surface area contributed by atoms with Crippen LogP contribution < -0.4 is 11.1 Å². The van der Waals surface area contributed by atoms with E-state index >= 15 is 0 Å². The summed E-state index contributed by atoms with van der Waals surface area (Å²) in [6.07, 6.45) is 1.24. The van der Waals surface area contributed by atoms with E-state index in [1.807, 2.05) is 13.8 Å². The number of anilines is 1. The number of non-ortho nitro benzene ring substituents is 2. The van der Waals surface area contributed by atoms with Crippen LogP contribution in [0.15, 0.2) is 41.4 Å². The van der Waals surface area contributed by atoms with E-state index in [0.717, 1.165) is 11.1 Å². The van der Waals surface area contributed by atoms with E-state index in [-0.39, 0.29) is 17.3 Å². The van der Waals surface area contributed by atoms with Crippen LogP contribution in [0.4, 0.5) is 22.7 Å². The van der Waals surface area contributed by atoms with Crippen molar-refractivity contribution in [2.45, 2.75) is 26.7 Å². The molecule has 2 rings (SSSR count). The third-order valence-corrected chi connectivity index (χ3v) is 3.70. The second-order valence-corrected chi connectivity index (χ2v) is 5.59. The molecule has 0 saturated heterocycles. The maximum Gasteiger partial charge on any atom is 0.271 e. The minimum atomic E-state index is -0.490. The molecule has 9 heteroatoms. The predicted octanol–water partition coefficient (Wildman–Crippen LogP) is 3.69. The van der Waals surface area contributed by atoms with Crippen LogP contribution in [0.5, 0.6) is 0 Å². The number of benzene rings is 2. The molecule has 0 aliphatic heterocycles. The Balaban J connectivity index is 2.34. The van der Waals surface area contributed by atoms with E-state index in [0.29, 0.717) is 24.2 Å². The molecule has 0 bridgehead atoms. The summed E-state index contributed by atoms with van der Waals surface area (Å²) in [5.41, 5.74) is 8.05. The number of hydrogen-bond donors (Lipinski definition) is 2. The van der Waals surface area contributed by atoms with Crippen LogP contribution in [0.3, 0.4) is 0 Å². The summed E-state index contributed by atoms with van der Waals surface area (Å²) in [7, 11) is 0. The molecule has 0 spiro atoms. The molecule has 0 unspecified atom stereocenters. The molecule has 0 aliphatic rings. The SMILES string of the molecule is CCc1cc(N=C(N)Nc2cc(CC)cc([N+](=O)[O-])c2)cc([N+](=O)[O-])c1. The van der Waals surface area contributed by atoms with Gasteiger partial charge in [-0.2, -0.15) is 0 Å². The number of nitrogens with zero attached hydrogens (tertiary/aromatic N) is 3. The van der Waals surface area contributed by atoms with Crippen molar-refractivity contribution >= 4 is 28.7 Å². The first-order valence-corrected chi connectivity index (χ1v) is 8.00. The zero-order valence-electron chi connectivity index (χ0n) is 14.4. The number of rotatable bonds is 6. The van der Waals surface area contributed by atoms with Crippen molar-refractivity contribution in [2.75, 3.05) is 5.32 Å². The van der Waals surface area contributed by atoms with Gasteiger partial charge in [0.25, 0.3) is 11.4 Å². The Hall–Kier alpha value is -3.49. The topological polar surface area (TPSA) is 137 Å². The first-order chi connectivity index (χ1) is 12.3. The molecular weight excluding hydrogens is 338 g/mol. The predicted molar refractivity (Wildman–Crippen MR) is 99.9 cm³/mol. The maximum atomic E-state index is 11.0. The molecule has 2 aromatic carbocycles. The summed E-state index contributed by atoms with van der Waals surface area (Å²) in [6, 6.07) is 9.08. The lowest BCUT2D eigenvalue weighted by molar-refractivity contribution is -0.385. The first-order valence-electron chi connectivity index (χ1n) is 8.00. The minimum Gasteiger partial charge on any atom is -0.369 e. The molecular formula is C17H19N5O4. The first kappa shape index (κ1) is 18.8. The highest BCUT2D eigenvalue weighted by atomic mass is 16.6. The molecule has 0 aromatic heterocycles. The van der Waals surface area contributed by atoms with E-state index in [9.17, 15) is 20.2 Å². The summed E-state index contributed by atoms with van der Waals surface area (Å²) in [4.78, 5) is 25.2. The van der Waals surface area contributed by atoms with Gasteiger partial charge >= 0.3 is 0 Å². The number of aryl methyl sites for hydroxylation is 2. The molecule has 2 aromatic rings. The highest BCUT2D eigenvalue weighted by Crippen LogP contribution is 2.24. The molecule has 3 N–H and O–H groups in total. The van der Waals surface area contributed by atoms with Gasteiger partial charge in [-0.05, 0) is 36.1 Å². The highest BCUT2D eigenvalue weighted by molar-refractivity contribution is 5.94. The van der Waals surface area contributed by atoms with E-state index in [4.69, 9.17) is 5.73 Å². The molecule has 9 nitrogen and oxygen atoms in total. The lowest BCUT2D eigenvalue weighted by atomic mass is 10.1. The zero-order valence-corrected chi connectivity index (χ0v) is 14.4. The number of nitrogens with one attached hydrogen (secondary N) is 1. The fourth-order valence-corrected chi connectivity index (χ4v) is 2.40. The zero-order chi connectivity index (χ0) is 19.3. The number of aliphatic imine (C=N–C) groups is 1. The van der Waals surface area contributed by atoms with E-state index in [2.05, 4.69) is 10.3 Å². The van der Waals surface area contributed by atoms with Crippen LogP contribution in [-0.2, 0) is 12.8 Å². The summed E-state index contributed by atoms with van der Waals surface area (Å²) >= 11 is 0. The third-order valence-electron chi connectivity index (χ3n) is 3.70. The monoisotopic (exact) mass is 357 g/mol. The summed E-state index contributed by atoms with van der Waals surface area (Å²) in [5.74, 6) is -0.0184. The van der Waals surface area contributed by atoms with Crippen LogP contribution in [0, 0.1) is 20.2 Å². The average Bonchev–Trinajstić information content (AvgIpc) is 2.60. The van der Waals surface area contributed by atoms with Crippen molar-refractivity contribution in [3.05, 3.63) is 67.8 Å². The van der Waals surface area contributed by atoms with Crippen LogP contribution in [0.2, 0.25) is 0 Å². The maximum absolute atomic E-state index is 11.0. The van der Waals surface area contributed by atoms with Gasteiger partial charge in [-0.3, -0.25) is 20.2 Å². The molecule has 0 fully saturated rings. The largest absolute Gasteiger partial charge is 0.369 e. The van der Waals surface area contributed by atoms with Gasteiger partial charge in [0, 0.05) is 30.0 Å². The smallest absolute Gasteiger partial charge is 0.271 e. The fraction of sp³-hybridized carbons (Fsp3) is 0.235. The second-order valence-electron chi connectivity index (χ2n) is 5.59. The van der Waals surface area contributed by atoms with Crippen molar-refractivity contribution in [1.82, 2.24) is 0 Å². The van der Waals surface area contributed by atoms with Gasteiger partial charge in [0.15, 0.2) is 5.96 Å². The summed E-state index contributed by atoms with van der Waals surface area (Å²) < 4.78 is 0. The van der Waals surface area contributed by atoms with E-state index in [1.165, 1.54) is 24.3 Å². The van der Waals surface area contributed by atoms with Crippen LogP contribution in [0.25, 0.3) is 0 Å². The Kier molecular flexibility index (Phi) is 5.84. The normalized spacial score (nSPS) is 11.2. The lowest BCUT2D eigenvalue weighted by Gasteiger charge is -2.08. The van der Waals surface area contributed by atoms with Gasteiger partial charge in [-0.15, -0.1) is 0 Å². The molecule has 0 heterocycles. The third kappa shape index (κ3) is 4.76. The van der Waals surface area contributed by atoms with Crippen LogP contribution in [0.1, 0.15) is 25.0 Å². The molecule has 0 amide bonds. The van der Waals surface area contributed by atoms with Gasteiger partial charge in [0.1, 0.15) is 0 Å². The van der Waals surface area contributed by atoms with Gasteiger partial charge in [-0.1, -0.05) is 13.8 Å². The van der Waals surface area contributed by atoms with Crippen LogP contribution in [-0.4, -0.2) is 15.8 Å². The van der Waals surface area contributed by atoms with Crippen molar-refractivity contribution in [2.24, 2.45) is 10.7 Å². The number of nitrogens with two attached hydrogens (primary N) is 1. The number of guanidine groups is 1. The molecule has 0 aliphatic carbocycles. The molecule has 136 valence electrons. The second kappa shape index (κ2) is 8.06. The molecule has 0 atom stereocenters. The van der Waals surface area contributed by atoms with Crippen molar-refractivity contribution in [3.8, 4) is 0 Å². The van der Waals surface area contributed by atoms with Gasteiger partial charge in [0.05, 0.1) is 15.5 Å². The fourth-order valence-electron chi connectivity index (χ4n) is 2.40. The standard InChI is InChI=1S/C17H19N5O4/c1-3-11-5-13(9-15(7-11)21(23)24)19-17(18)20-14-6-12(4-2)8-16(10-14)22(25)26/h5-10H,3-4H2,1-2H3,(H3,18,19,20). The van der Waals surface area contributed by atoms with Gasteiger partial charge in [0.2, 0.25) is 0 Å². The Morgan fingerprint density at radius 3 is 2.04 bits per heavy atom. The Bertz CT molecular complexity index is 879. The van der Waals surface area contributed by atoms with Crippen molar-refractivity contribution < 1.29 is 9.85 Å². The molecule has 0 saturated carbocycles. The summed E-state index contributed by atoms with van der Waals surface area (Å²) in [6.45, 7) is 3.76. The number of nitro benzene ring substituents is 2. The Morgan fingerprint density at radius 2 is 1.50 bits per heavy atom. The van der Waals surface area contributed by atoms with Gasteiger partial charge in [-0.25, -0.2) is 4.99 Å². The van der Waals surface area contributed by atoms with Gasteiger partial charge < -0.3 is 11.1 Å².